The monoisotopic (exact) mass is 1050 g/mol. The number of alkyl halides is 6. The van der Waals surface area contributed by atoms with Crippen molar-refractivity contribution in [3.05, 3.63) is 163 Å². The van der Waals surface area contributed by atoms with Gasteiger partial charge >= 0.3 is 12.4 Å². The van der Waals surface area contributed by atoms with Crippen LogP contribution in [0.4, 0.5) is 30.7 Å². The number of halogens is 9. The topological polar surface area (TPSA) is 148 Å². The van der Waals surface area contributed by atoms with Crippen LogP contribution in [0.3, 0.4) is 0 Å². The number of Topliss-reactive ketones (excluding diaryl/α,β-unsaturated/α-hetero) is 1. The van der Waals surface area contributed by atoms with E-state index in [1.54, 1.807) is 100 Å². The Hall–Kier alpha value is -7.05. The number of aryl methyl sites for hydroxylation is 1. The van der Waals surface area contributed by atoms with Gasteiger partial charge in [-0.3, -0.25) is 19.2 Å². The van der Waals surface area contributed by atoms with Crippen LogP contribution in [0.1, 0.15) is 101 Å². The zero-order valence-electron chi connectivity index (χ0n) is 39.5. The molecule has 0 spiro atoms. The van der Waals surface area contributed by atoms with Crippen molar-refractivity contribution >= 4 is 79.7 Å². The van der Waals surface area contributed by atoms with Crippen LogP contribution in [-0.4, -0.2) is 60.7 Å². The minimum Gasteiger partial charge on any atom is -0.384 e. The molecule has 382 valence electrons. The molecule has 0 unspecified atom stereocenters. The van der Waals surface area contributed by atoms with Crippen molar-refractivity contribution in [3.8, 4) is 0 Å². The number of hydrogen-bond donors (Lipinski definition) is 3. The number of fused-ring (bicyclic) bond motifs is 2. The summed E-state index contributed by atoms with van der Waals surface area (Å²) in [6, 6.07) is 26.4. The molecule has 0 fully saturated rings. The summed E-state index contributed by atoms with van der Waals surface area (Å²) < 4.78 is 97.4. The molecular weight excluding hydrogens is 1010 g/mol. The van der Waals surface area contributed by atoms with E-state index in [1.165, 1.54) is 18.2 Å². The second kappa shape index (κ2) is 21.6. The van der Waals surface area contributed by atoms with E-state index in [-0.39, 0.29) is 70.8 Å². The molecule has 2 heterocycles. The van der Waals surface area contributed by atoms with E-state index in [9.17, 15) is 49.9 Å². The Balaban J connectivity index is 0.000000214. The van der Waals surface area contributed by atoms with Gasteiger partial charge in [-0.05, 0) is 85.1 Å². The third kappa shape index (κ3) is 11.4. The molecule has 2 aliphatic heterocycles. The lowest BCUT2D eigenvalue weighted by atomic mass is 9.84. The number of carbonyl (C=O) groups is 4. The Morgan fingerprint density at radius 1 is 0.658 bits per heavy atom. The fraction of sp³-hybridized carbons (Fsp3) is 0.283. The van der Waals surface area contributed by atoms with Gasteiger partial charge in [-0.15, -0.1) is 0 Å². The molecule has 73 heavy (non-hydrogen) atoms. The maximum Gasteiger partial charge on any atom is 0.435 e. The first-order valence-electron chi connectivity index (χ1n) is 22.8. The predicted molar refractivity (Wildman–Crippen MR) is 263 cm³/mol. The lowest BCUT2D eigenvalue weighted by molar-refractivity contribution is -0.275. The van der Waals surface area contributed by atoms with Crippen LogP contribution in [0.25, 0.3) is 21.5 Å². The number of oxime groups is 2. The summed E-state index contributed by atoms with van der Waals surface area (Å²) in [5.74, 6) is -2.75. The molecule has 6 aromatic rings. The molecule has 3 amide bonds. The number of amides is 3. The minimum atomic E-state index is -4.93. The molecule has 0 saturated heterocycles. The van der Waals surface area contributed by atoms with Gasteiger partial charge in [-0.1, -0.05) is 106 Å². The van der Waals surface area contributed by atoms with Gasteiger partial charge in [-0.25, -0.2) is 4.39 Å². The summed E-state index contributed by atoms with van der Waals surface area (Å²) in [4.78, 5) is 59.9. The van der Waals surface area contributed by atoms with Crippen molar-refractivity contribution in [3.63, 3.8) is 0 Å². The molecular formula is C53H46Cl2F7N5O6. The molecule has 0 bridgehead atoms. The zero-order valence-corrected chi connectivity index (χ0v) is 41.0. The van der Waals surface area contributed by atoms with E-state index in [2.05, 4.69) is 26.3 Å². The first-order chi connectivity index (χ1) is 34.5. The second-order valence-electron chi connectivity index (χ2n) is 17.4. The summed E-state index contributed by atoms with van der Waals surface area (Å²) in [5.41, 5.74) is -2.70. The molecule has 11 nitrogen and oxygen atoms in total. The van der Waals surface area contributed by atoms with Crippen molar-refractivity contribution in [2.24, 2.45) is 10.3 Å². The number of carbonyl (C=O) groups excluding carboxylic acids is 4. The van der Waals surface area contributed by atoms with Gasteiger partial charge in [-0.2, -0.15) is 26.3 Å². The first-order valence-corrected chi connectivity index (χ1v) is 23.6. The summed E-state index contributed by atoms with van der Waals surface area (Å²) in [6.07, 6.45) is -10.1. The lowest BCUT2D eigenvalue weighted by Crippen LogP contribution is -2.42. The molecule has 3 N–H and O–H groups in total. The number of benzene rings is 6. The summed E-state index contributed by atoms with van der Waals surface area (Å²) in [6.45, 7) is 7.49. The summed E-state index contributed by atoms with van der Waals surface area (Å²) >= 11 is 11.8. The first kappa shape index (κ1) is 53.7. The molecule has 2 aliphatic rings. The van der Waals surface area contributed by atoms with E-state index in [1.807, 2.05) is 0 Å². The zero-order chi connectivity index (χ0) is 53.0. The molecule has 6 aromatic carbocycles. The van der Waals surface area contributed by atoms with Gasteiger partial charge < -0.3 is 25.6 Å². The number of nitrogens with zero attached hydrogens (tertiary/aromatic N) is 2. The highest BCUT2D eigenvalue weighted by atomic mass is 35.5. The third-order valence-electron chi connectivity index (χ3n) is 12.3. The SMILES string of the molecule is CCNC(=O)CCC(=O)c1ccc(C2=NO[C@](C)(c3cc(Cl)c(F)c(C(F)(F)F)c3)C2)c2ccccc12.CCNC(=O)CNC(=O)c1ccc(C2=NO[C@@](c3cc(C)cc(Cl)c3)(C(F)(F)F)C2)c2ccccc12. The van der Waals surface area contributed by atoms with Gasteiger partial charge in [0.05, 0.1) is 28.6 Å². The lowest BCUT2D eigenvalue weighted by Gasteiger charge is -2.30. The second-order valence-corrected chi connectivity index (χ2v) is 18.3. The van der Waals surface area contributed by atoms with Crippen molar-refractivity contribution in [2.75, 3.05) is 19.6 Å². The normalized spacial score (nSPS) is 17.4. The summed E-state index contributed by atoms with van der Waals surface area (Å²) in [5, 5.41) is 17.7. The molecule has 0 radical (unpaired) electrons. The Morgan fingerprint density at radius 3 is 1.81 bits per heavy atom. The van der Waals surface area contributed by atoms with Crippen LogP contribution in [0.2, 0.25) is 10.0 Å². The van der Waals surface area contributed by atoms with E-state index in [0.717, 1.165) is 6.07 Å². The molecule has 8 rings (SSSR count). The quantitative estimate of drug-likeness (QED) is 0.0775. The highest BCUT2D eigenvalue weighted by Crippen LogP contribution is 2.50. The maximum atomic E-state index is 14.4. The Morgan fingerprint density at radius 2 is 1.22 bits per heavy atom. The molecule has 2 atom stereocenters. The predicted octanol–water partition coefficient (Wildman–Crippen LogP) is 12.0. The number of hydrogen-bond acceptors (Lipinski definition) is 8. The van der Waals surface area contributed by atoms with Gasteiger partial charge in [0.1, 0.15) is 0 Å². The molecule has 0 aromatic heterocycles. The van der Waals surface area contributed by atoms with E-state index < -0.39 is 52.3 Å². The number of nitrogens with one attached hydrogen (secondary N) is 3. The standard InChI is InChI=1S/C27H23ClF4N2O3.C26H23ClF3N3O3/c1-3-33-24(36)11-10-23(35)19-9-8-18(16-6-4-5-7-17(16)19)22-14-26(2,37-34-22)15-12-20(27(30,31)32)25(29)21(28)13-15;1-3-31-23(34)14-32-24(35)21-9-8-20(18-6-4-5-7-19(18)21)22-13-25(36-33-22,26(28,29)30)16-10-15(2)11-17(27)12-16/h4-9,12-13H,3,10-11,14H2,1-2H3,(H,33,36);4-12H,3,13-14H2,1-2H3,(H,31,34)(H,32,35)/t26-;25-/m00/s1. The van der Waals surface area contributed by atoms with Gasteiger partial charge in [0.15, 0.2) is 17.2 Å². The average molecular weight is 1050 g/mol. The Bertz CT molecular complexity index is 3200. The number of rotatable bonds is 13. The molecule has 20 heteroatoms. The number of ketones is 1. The van der Waals surface area contributed by atoms with Crippen molar-refractivity contribution in [1.29, 1.82) is 0 Å². The van der Waals surface area contributed by atoms with E-state index in [4.69, 9.17) is 32.9 Å². The highest BCUT2D eigenvalue weighted by Gasteiger charge is 2.62. The largest absolute Gasteiger partial charge is 0.435 e. The smallest absolute Gasteiger partial charge is 0.384 e. The average Bonchev–Trinajstić information content (AvgIpc) is 3.98. The van der Waals surface area contributed by atoms with Crippen LogP contribution in [0.15, 0.2) is 113 Å². The molecule has 0 saturated carbocycles. The Labute approximate surface area is 424 Å². The van der Waals surface area contributed by atoms with Gasteiger partial charge in [0.2, 0.25) is 11.8 Å². The van der Waals surface area contributed by atoms with Crippen LogP contribution in [0.5, 0.6) is 0 Å². The van der Waals surface area contributed by atoms with E-state index in [0.29, 0.717) is 68.7 Å². The van der Waals surface area contributed by atoms with Crippen molar-refractivity contribution in [2.45, 2.75) is 76.9 Å². The summed E-state index contributed by atoms with van der Waals surface area (Å²) in [7, 11) is 0. The van der Waals surface area contributed by atoms with Crippen LogP contribution in [0, 0.1) is 12.7 Å². The van der Waals surface area contributed by atoms with Crippen LogP contribution >= 0.6 is 23.2 Å². The van der Waals surface area contributed by atoms with Crippen molar-refractivity contribution < 1.29 is 59.6 Å². The maximum absolute atomic E-state index is 14.4. The molecule has 0 aliphatic carbocycles. The highest BCUT2D eigenvalue weighted by molar-refractivity contribution is 6.31. The fourth-order valence-electron chi connectivity index (χ4n) is 8.66. The van der Waals surface area contributed by atoms with Crippen LogP contribution in [-0.2, 0) is 36.6 Å². The fourth-order valence-corrected chi connectivity index (χ4v) is 9.17. The third-order valence-corrected chi connectivity index (χ3v) is 12.7. The Kier molecular flexibility index (Phi) is 15.9. The number of likely N-dealkylation sites (N-methyl/N-ethyl adjacent to an activating group) is 1. The van der Waals surface area contributed by atoms with Crippen molar-refractivity contribution in [1.82, 2.24) is 16.0 Å². The van der Waals surface area contributed by atoms with Gasteiger partial charge in [0, 0.05) is 77.2 Å². The minimum absolute atomic E-state index is 0.0337. The van der Waals surface area contributed by atoms with E-state index >= 15 is 0 Å². The van der Waals surface area contributed by atoms with Gasteiger partial charge in [0.25, 0.3) is 11.5 Å². The van der Waals surface area contributed by atoms with Crippen LogP contribution < -0.4 is 16.0 Å².